The third kappa shape index (κ3) is 3.08. The molecule has 1 saturated heterocycles. The lowest BCUT2D eigenvalue weighted by Gasteiger charge is -2.32. The zero-order valence-electron chi connectivity index (χ0n) is 9.99. The number of hydrogen-bond acceptors (Lipinski definition) is 2. The van der Waals surface area contributed by atoms with Crippen LogP contribution in [0.3, 0.4) is 0 Å². The zero-order valence-corrected chi connectivity index (χ0v) is 11.6. The van der Waals surface area contributed by atoms with Crippen LogP contribution in [0.1, 0.15) is 32.7 Å². The molecule has 2 rings (SSSR count). The molecule has 1 radical (unpaired) electrons. The zero-order chi connectivity index (χ0) is 11.5. The van der Waals surface area contributed by atoms with Crippen LogP contribution in [0.5, 0.6) is 0 Å². The van der Waals surface area contributed by atoms with Crippen molar-refractivity contribution < 1.29 is 0 Å². The molecule has 1 fully saturated rings. The first kappa shape index (κ1) is 12.1. The van der Waals surface area contributed by atoms with E-state index >= 15 is 0 Å². The van der Waals surface area contributed by atoms with Crippen LogP contribution >= 0.6 is 15.9 Å². The van der Waals surface area contributed by atoms with Gasteiger partial charge in [-0.1, -0.05) is 13.8 Å². The number of hydrogen-bond donors (Lipinski definition) is 0. The van der Waals surface area contributed by atoms with Gasteiger partial charge in [0, 0.05) is 25.8 Å². The molecule has 0 unspecified atom stereocenters. The lowest BCUT2D eigenvalue weighted by atomic mass is 10.0. The summed E-state index contributed by atoms with van der Waals surface area (Å²) in [5.74, 6) is 1.50. The van der Waals surface area contributed by atoms with Gasteiger partial charge in [-0.05, 0) is 34.7 Å². The second-order valence-corrected chi connectivity index (χ2v) is 5.77. The van der Waals surface area contributed by atoms with Crippen molar-refractivity contribution in [3.8, 4) is 0 Å². The number of nitrogens with zero attached hydrogens (tertiary/aromatic N) is 3. The van der Waals surface area contributed by atoms with Gasteiger partial charge in [0.15, 0.2) is 0 Å². The molecular formula is C12H19BrN3. The van der Waals surface area contributed by atoms with Crippen molar-refractivity contribution >= 4 is 15.9 Å². The molecule has 0 spiro atoms. The van der Waals surface area contributed by atoms with Gasteiger partial charge < -0.3 is 4.90 Å². The van der Waals surface area contributed by atoms with Crippen molar-refractivity contribution in [3.05, 3.63) is 22.8 Å². The Bertz CT molecular complexity index is 327. The molecule has 0 atom stereocenters. The van der Waals surface area contributed by atoms with Crippen molar-refractivity contribution in [2.24, 2.45) is 0 Å². The van der Waals surface area contributed by atoms with E-state index in [0.717, 1.165) is 11.0 Å². The van der Waals surface area contributed by atoms with Crippen molar-refractivity contribution in [2.75, 3.05) is 19.6 Å². The average molecular weight is 285 g/mol. The van der Waals surface area contributed by atoms with Crippen LogP contribution < -0.4 is 0 Å². The molecule has 1 aromatic heterocycles. The standard InChI is InChI=1S/C12H19BrN3/c1-10(2)8-15-5-3-12(4-6-15)16-9-11(13)7-14-16/h7,9,12H,3-6,8H2,1-2H3. The van der Waals surface area contributed by atoms with Gasteiger partial charge in [-0.3, -0.25) is 4.68 Å². The maximum absolute atomic E-state index is 4.37. The Hall–Kier alpha value is -0.350. The Labute approximate surface area is 106 Å². The van der Waals surface area contributed by atoms with Crippen LogP contribution in [0.4, 0.5) is 0 Å². The molecule has 1 aliphatic heterocycles. The minimum atomic E-state index is 0.583. The van der Waals surface area contributed by atoms with E-state index in [-0.39, 0.29) is 0 Å². The molecule has 0 aliphatic carbocycles. The molecule has 0 aromatic carbocycles. The second-order valence-electron chi connectivity index (χ2n) is 4.85. The van der Waals surface area contributed by atoms with E-state index in [1.807, 2.05) is 6.20 Å². The molecule has 2 heterocycles. The van der Waals surface area contributed by atoms with E-state index in [0.29, 0.717) is 6.04 Å². The van der Waals surface area contributed by atoms with Gasteiger partial charge in [-0.15, -0.1) is 0 Å². The van der Waals surface area contributed by atoms with E-state index in [1.54, 1.807) is 0 Å². The predicted octanol–water partition coefficient (Wildman–Crippen LogP) is 2.90. The Morgan fingerprint density at radius 1 is 1.44 bits per heavy atom. The number of rotatable bonds is 3. The van der Waals surface area contributed by atoms with Crippen LogP contribution in [0.15, 0.2) is 16.9 Å². The van der Waals surface area contributed by atoms with Gasteiger partial charge in [0.2, 0.25) is 0 Å². The van der Waals surface area contributed by atoms with Crippen LogP contribution in [-0.2, 0) is 0 Å². The lowest BCUT2D eigenvalue weighted by molar-refractivity contribution is 0.186. The average Bonchev–Trinajstić information content (AvgIpc) is 2.65. The van der Waals surface area contributed by atoms with Gasteiger partial charge in [0.1, 0.15) is 0 Å². The van der Waals surface area contributed by atoms with E-state index < -0.39 is 0 Å². The van der Waals surface area contributed by atoms with E-state index in [1.165, 1.54) is 31.8 Å². The summed E-state index contributed by atoms with van der Waals surface area (Å²) in [5, 5.41) is 4.37. The summed E-state index contributed by atoms with van der Waals surface area (Å²) in [4.78, 5) is 2.53. The number of likely N-dealkylation sites (tertiary alicyclic amines) is 1. The summed E-state index contributed by atoms with van der Waals surface area (Å²) < 4.78 is 3.18. The van der Waals surface area contributed by atoms with Crippen molar-refractivity contribution in [1.82, 2.24) is 14.7 Å². The first-order valence-corrected chi connectivity index (χ1v) is 6.65. The van der Waals surface area contributed by atoms with Gasteiger partial charge in [-0.2, -0.15) is 5.10 Å². The molecule has 89 valence electrons. The van der Waals surface area contributed by atoms with Crippen molar-refractivity contribution in [2.45, 2.75) is 32.7 Å². The SMILES string of the molecule is C[C](C)CN1CCC(n2cc(Br)cn2)CC1. The van der Waals surface area contributed by atoms with Gasteiger partial charge in [0.25, 0.3) is 0 Å². The monoisotopic (exact) mass is 284 g/mol. The molecule has 3 nitrogen and oxygen atoms in total. The number of aromatic nitrogens is 2. The fourth-order valence-corrected chi connectivity index (χ4v) is 2.61. The van der Waals surface area contributed by atoms with Crippen molar-refractivity contribution in [1.29, 1.82) is 0 Å². The summed E-state index contributed by atoms with van der Waals surface area (Å²) >= 11 is 3.45. The van der Waals surface area contributed by atoms with E-state index in [9.17, 15) is 0 Å². The molecule has 0 N–H and O–H groups in total. The Balaban J connectivity index is 1.85. The largest absolute Gasteiger partial charge is 0.303 e. The molecule has 16 heavy (non-hydrogen) atoms. The maximum atomic E-state index is 4.37. The Morgan fingerprint density at radius 2 is 2.12 bits per heavy atom. The predicted molar refractivity (Wildman–Crippen MR) is 69.2 cm³/mol. The lowest BCUT2D eigenvalue weighted by Crippen LogP contribution is -2.36. The van der Waals surface area contributed by atoms with E-state index in [4.69, 9.17) is 0 Å². The van der Waals surface area contributed by atoms with Gasteiger partial charge in [-0.25, -0.2) is 0 Å². The first-order valence-electron chi connectivity index (χ1n) is 5.86. The van der Waals surface area contributed by atoms with Crippen LogP contribution in [0.25, 0.3) is 0 Å². The highest BCUT2D eigenvalue weighted by atomic mass is 79.9. The Morgan fingerprint density at radius 3 is 2.62 bits per heavy atom. The Kier molecular flexibility index (Phi) is 4.03. The molecule has 1 aromatic rings. The highest BCUT2D eigenvalue weighted by Gasteiger charge is 2.21. The van der Waals surface area contributed by atoms with Crippen LogP contribution in [0.2, 0.25) is 0 Å². The summed E-state index contributed by atoms with van der Waals surface area (Å²) in [5.41, 5.74) is 0. The molecule has 1 aliphatic rings. The topological polar surface area (TPSA) is 21.1 Å². The molecule has 4 heteroatoms. The van der Waals surface area contributed by atoms with Crippen molar-refractivity contribution in [3.63, 3.8) is 0 Å². The van der Waals surface area contributed by atoms with Crippen LogP contribution in [-0.4, -0.2) is 34.3 Å². The smallest absolute Gasteiger partial charge is 0.0632 e. The molecule has 0 bridgehead atoms. The first-order chi connectivity index (χ1) is 7.65. The summed E-state index contributed by atoms with van der Waals surface area (Å²) in [7, 11) is 0. The van der Waals surface area contributed by atoms with E-state index in [2.05, 4.69) is 50.7 Å². The van der Waals surface area contributed by atoms with Gasteiger partial charge >= 0.3 is 0 Å². The second kappa shape index (κ2) is 5.32. The van der Waals surface area contributed by atoms with Crippen LogP contribution in [0, 0.1) is 5.92 Å². The third-order valence-electron chi connectivity index (χ3n) is 3.04. The highest BCUT2D eigenvalue weighted by Crippen LogP contribution is 2.23. The molecule has 0 amide bonds. The quantitative estimate of drug-likeness (QED) is 0.851. The third-order valence-corrected chi connectivity index (χ3v) is 3.45. The minimum absolute atomic E-state index is 0.583. The number of piperidine rings is 1. The van der Waals surface area contributed by atoms with Gasteiger partial charge in [0.05, 0.1) is 16.7 Å². The summed E-state index contributed by atoms with van der Waals surface area (Å²) in [6.07, 6.45) is 6.37. The summed E-state index contributed by atoms with van der Waals surface area (Å²) in [6.45, 7) is 7.93. The molecule has 0 saturated carbocycles. The maximum Gasteiger partial charge on any atom is 0.0632 e. The normalized spacial score (nSPS) is 19.5. The number of halogens is 1. The summed E-state index contributed by atoms with van der Waals surface area (Å²) in [6, 6.07) is 0.583. The fourth-order valence-electron chi connectivity index (χ4n) is 2.30. The molecular weight excluding hydrogens is 266 g/mol. The highest BCUT2D eigenvalue weighted by molar-refractivity contribution is 9.10. The fraction of sp³-hybridized carbons (Fsp3) is 0.667. The minimum Gasteiger partial charge on any atom is -0.303 e.